The molecule has 12 heavy (non-hydrogen) atoms. The topological polar surface area (TPSA) is 17.1 Å². The maximum Gasteiger partial charge on any atom is 0.163 e. The Kier molecular flexibility index (Phi) is 1.69. The van der Waals surface area contributed by atoms with Crippen LogP contribution in [-0.2, 0) is 0 Å². The first-order valence-corrected chi connectivity index (χ1v) is 4.39. The third-order valence-corrected chi connectivity index (χ3v) is 2.57. The highest BCUT2D eigenvalue weighted by Gasteiger charge is 2.25. The van der Waals surface area contributed by atoms with E-state index in [0.717, 1.165) is 11.1 Å². The van der Waals surface area contributed by atoms with Crippen LogP contribution in [0.2, 0.25) is 5.02 Å². The molecule has 1 aromatic rings. The van der Waals surface area contributed by atoms with Crippen molar-refractivity contribution in [3.63, 3.8) is 0 Å². The lowest BCUT2D eigenvalue weighted by molar-refractivity contribution is 0.0990. The quantitative estimate of drug-likeness (QED) is 0.600. The average molecular weight is 181 g/mol. The molecule has 1 atom stereocenters. The molecule has 0 aliphatic heterocycles. The summed E-state index contributed by atoms with van der Waals surface area (Å²) in [5.74, 6) is 0.588. The molecule has 0 amide bonds. The lowest BCUT2D eigenvalue weighted by Gasteiger charge is -2.01. The van der Waals surface area contributed by atoms with Crippen molar-refractivity contribution in [3.05, 3.63) is 34.3 Å². The van der Waals surface area contributed by atoms with Gasteiger partial charge in [0.25, 0.3) is 0 Å². The summed E-state index contributed by atoms with van der Waals surface area (Å²) < 4.78 is 0. The van der Waals surface area contributed by atoms with E-state index in [1.807, 2.05) is 12.1 Å². The van der Waals surface area contributed by atoms with Gasteiger partial charge >= 0.3 is 0 Å². The van der Waals surface area contributed by atoms with E-state index in [2.05, 4.69) is 6.92 Å². The van der Waals surface area contributed by atoms with E-state index >= 15 is 0 Å². The Bertz CT molecular complexity index is 344. The molecule has 0 saturated carbocycles. The van der Waals surface area contributed by atoms with Crippen LogP contribution in [0.15, 0.2) is 18.2 Å². The van der Waals surface area contributed by atoms with Gasteiger partial charge in [0.15, 0.2) is 5.78 Å². The maximum atomic E-state index is 11.4. The summed E-state index contributed by atoms with van der Waals surface area (Å²) >= 11 is 5.78. The zero-order valence-electron chi connectivity index (χ0n) is 6.80. The largest absolute Gasteiger partial charge is 0.294 e. The smallest absolute Gasteiger partial charge is 0.163 e. The molecule has 2 rings (SSSR count). The van der Waals surface area contributed by atoms with Crippen LogP contribution in [0.5, 0.6) is 0 Å². The van der Waals surface area contributed by atoms with E-state index < -0.39 is 0 Å². The fourth-order valence-electron chi connectivity index (χ4n) is 1.70. The SMILES string of the molecule is C[C@@H]1CC(=O)c2cc(Cl)ccc21. The second-order valence-electron chi connectivity index (χ2n) is 3.26. The monoisotopic (exact) mass is 180 g/mol. The zero-order valence-corrected chi connectivity index (χ0v) is 7.56. The van der Waals surface area contributed by atoms with Crippen molar-refractivity contribution in [1.29, 1.82) is 0 Å². The normalized spacial score (nSPS) is 21.2. The van der Waals surface area contributed by atoms with Crippen LogP contribution in [0.3, 0.4) is 0 Å². The number of ketones is 1. The minimum Gasteiger partial charge on any atom is -0.294 e. The van der Waals surface area contributed by atoms with Crippen molar-refractivity contribution >= 4 is 17.4 Å². The van der Waals surface area contributed by atoms with Gasteiger partial charge in [-0.2, -0.15) is 0 Å². The molecular weight excluding hydrogens is 172 g/mol. The Labute approximate surface area is 76.4 Å². The second-order valence-corrected chi connectivity index (χ2v) is 3.70. The van der Waals surface area contributed by atoms with Crippen LogP contribution in [0.1, 0.15) is 35.2 Å². The summed E-state index contributed by atoms with van der Waals surface area (Å²) in [5, 5.41) is 0.649. The lowest BCUT2D eigenvalue weighted by Crippen LogP contribution is -1.89. The van der Waals surface area contributed by atoms with Crippen LogP contribution in [0, 0.1) is 0 Å². The van der Waals surface area contributed by atoms with Crippen LogP contribution in [0.25, 0.3) is 0 Å². The molecule has 1 aliphatic rings. The molecule has 62 valence electrons. The molecule has 2 heteroatoms. The molecule has 0 heterocycles. The molecule has 0 radical (unpaired) electrons. The fourth-order valence-corrected chi connectivity index (χ4v) is 1.87. The van der Waals surface area contributed by atoms with E-state index in [1.165, 1.54) is 0 Å². The van der Waals surface area contributed by atoms with Gasteiger partial charge in [0, 0.05) is 17.0 Å². The molecule has 0 spiro atoms. The first-order valence-electron chi connectivity index (χ1n) is 4.01. The highest BCUT2D eigenvalue weighted by atomic mass is 35.5. The molecular formula is C10H9ClO. The first kappa shape index (κ1) is 7.81. The number of hydrogen-bond acceptors (Lipinski definition) is 1. The van der Waals surface area contributed by atoms with E-state index in [9.17, 15) is 4.79 Å². The molecule has 0 saturated heterocycles. The predicted octanol–water partition coefficient (Wildman–Crippen LogP) is 3.03. The summed E-state index contributed by atoms with van der Waals surface area (Å²) in [6.07, 6.45) is 0.635. The number of carbonyl (C=O) groups excluding carboxylic acids is 1. The van der Waals surface area contributed by atoms with E-state index in [-0.39, 0.29) is 5.78 Å². The number of halogens is 1. The van der Waals surface area contributed by atoms with E-state index in [1.54, 1.807) is 6.07 Å². The van der Waals surface area contributed by atoms with Crippen molar-refractivity contribution in [2.24, 2.45) is 0 Å². The van der Waals surface area contributed by atoms with Gasteiger partial charge in [-0.3, -0.25) is 4.79 Å². The van der Waals surface area contributed by atoms with Gasteiger partial charge < -0.3 is 0 Å². The van der Waals surface area contributed by atoms with Gasteiger partial charge in [-0.1, -0.05) is 24.6 Å². The van der Waals surface area contributed by atoms with Crippen molar-refractivity contribution in [1.82, 2.24) is 0 Å². The van der Waals surface area contributed by atoms with Gasteiger partial charge in [0.05, 0.1) is 0 Å². The van der Waals surface area contributed by atoms with Gasteiger partial charge in [-0.05, 0) is 23.6 Å². The third kappa shape index (κ3) is 1.05. The van der Waals surface area contributed by atoms with Crippen molar-refractivity contribution in [2.45, 2.75) is 19.3 Å². The summed E-state index contributed by atoms with van der Waals surface area (Å²) in [7, 11) is 0. The second kappa shape index (κ2) is 2.60. The Hall–Kier alpha value is -0.820. The Morgan fingerprint density at radius 1 is 1.50 bits per heavy atom. The van der Waals surface area contributed by atoms with Crippen molar-refractivity contribution in [2.75, 3.05) is 0 Å². The van der Waals surface area contributed by atoms with Gasteiger partial charge in [-0.25, -0.2) is 0 Å². The van der Waals surface area contributed by atoms with Crippen LogP contribution in [0.4, 0.5) is 0 Å². The van der Waals surface area contributed by atoms with E-state index in [0.29, 0.717) is 17.4 Å². The summed E-state index contributed by atoms with van der Waals surface area (Å²) in [4.78, 5) is 11.4. The Morgan fingerprint density at radius 2 is 2.25 bits per heavy atom. The van der Waals surface area contributed by atoms with Gasteiger partial charge in [0.1, 0.15) is 0 Å². The van der Waals surface area contributed by atoms with Crippen LogP contribution < -0.4 is 0 Å². The summed E-state index contributed by atoms with van der Waals surface area (Å²) in [6.45, 7) is 2.07. The number of carbonyl (C=O) groups is 1. The van der Waals surface area contributed by atoms with Crippen LogP contribution >= 0.6 is 11.6 Å². The highest BCUT2D eigenvalue weighted by Crippen LogP contribution is 2.33. The fraction of sp³-hybridized carbons (Fsp3) is 0.300. The minimum atomic E-state index is 0.222. The Morgan fingerprint density at radius 3 is 3.00 bits per heavy atom. The lowest BCUT2D eigenvalue weighted by atomic mass is 10.0. The van der Waals surface area contributed by atoms with Crippen molar-refractivity contribution < 1.29 is 4.79 Å². The molecule has 1 aliphatic carbocycles. The number of rotatable bonds is 0. The van der Waals surface area contributed by atoms with Gasteiger partial charge in [-0.15, -0.1) is 0 Å². The van der Waals surface area contributed by atoms with Crippen LogP contribution in [-0.4, -0.2) is 5.78 Å². The van der Waals surface area contributed by atoms with E-state index in [4.69, 9.17) is 11.6 Å². The number of hydrogen-bond donors (Lipinski definition) is 0. The molecule has 0 aromatic heterocycles. The minimum absolute atomic E-state index is 0.222. The number of Topliss-reactive ketones (excluding diaryl/α,β-unsaturated/α-hetero) is 1. The molecule has 0 fully saturated rings. The summed E-state index contributed by atoms with van der Waals surface area (Å²) in [5.41, 5.74) is 1.96. The molecule has 0 N–H and O–H groups in total. The molecule has 0 unspecified atom stereocenters. The van der Waals surface area contributed by atoms with Crippen molar-refractivity contribution in [3.8, 4) is 0 Å². The number of benzene rings is 1. The molecule has 1 nitrogen and oxygen atoms in total. The first-order chi connectivity index (χ1) is 5.68. The highest BCUT2D eigenvalue weighted by molar-refractivity contribution is 6.31. The number of fused-ring (bicyclic) bond motifs is 1. The summed E-state index contributed by atoms with van der Waals surface area (Å²) in [6, 6.07) is 5.56. The zero-order chi connectivity index (χ0) is 8.72. The maximum absolute atomic E-state index is 11.4. The molecule has 0 bridgehead atoms. The van der Waals surface area contributed by atoms with Gasteiger partial charge in [0.2, 0.25) is 0 Å². The molecule has 1 aromatic carbocycles. The average Bonchev–Trinajstić information content (AvgIpc) is 2.28. The standard InChI is InChI=1S/C10H9ClO/c1-6-4-10(12)9-5-7(11)2-3-8(6)9/h2-3,5-6H,4H2,1H3/t6-/m1/s1. The predicted molar refractivity (Wildman–Crippen MR) is 48.8 cm³/mol. The Balaban J connectivity index is 2.60. The third-order valence-electron chi connectivity index (χ3n) is 2.34.